The molecular weight excluding hydrogens is 531 g/mol. The molecule has 0 aliphatic carbocycles. The van der Waals surface area contributed by atoms with Gasteiger partial charge in [0, 0.05) is 19.3 Å². The van der Waals surface area contributed by atoms with Crippen LogP contribution in [0.5, 0.6) is 0 Å². The molecule has 0 aromatic heterocycles. The van der Waals surface area contributed by atoms with E-state index in [4.69, 9.17) is 0 Å². The van der Waals surface area contributed by atoms with Crippen molar-refractivity contribution in [1.29, 1.82) is 0 Å². The van der Waals surface area contributed by atoms with Gasteiger partial charge in [-0.25, -0.2) is 4.39 Å². The first-order chi connectivity index (χ1) is 14.2. The fourth-order valence-corrected chi connectivity index (χ4v) is 2.35. The summed E-state index contributed by atoms with van der Waals surface area (Å²) in [5.41, 5.74) is 1.97. The minimum Gasteiger partial charge on any atom is -0.367 e. The molecule has 0 saturated carbocycles. The lowest BCUT2D eigenvalue weighted by atomic mass is 10.1. The van der Waals surface area contributed by atoms with Crippen LogP contribution < -0.4 is 16.0 Å². The van der Waals surface area contributed by atoms with Crippen LogP contribution >= 0.6 is 24.0 Å². The van der Waals surface area contributed by atoms with Crippen molar-refractivity contribution in [2.45, 2.75) is 19.3 Å². The van der Waals surface area contributed by atoms with Gasteiger partial charge in [-0.15, -0.1) is 24.0 Å². The van der Waals surface area contributed by atoms with E-state index >= 15 is 0 Å². The van der Waals surface area contributed by atoms with Crippen LogP contribution in [0.1, 0.15) is 11.1 Å². The number of aliphatic imine (C=N–C) groups is 1. The van der Waals surface area contributed by atoms with E-state index in [1.54, 1.807) is 31.3 Å². The van der Waals surface area contributed by atoms with Crippen molar-refractivity contribution in [3.05, 3.63) is 65.5 Å². The third kappa shape index (κ3) is 11.0. The molecule has 6 nitrogen and oxygen atoms in total. The Bertz CT molecular complexity index is 844. The van der Waals surface area contributed by atoms with Crippen LogP contribution in [-0.4, -0.2) is 38.2 Å². The summed E-state index contributed by atoms with van der Waals surface area (Å²) < 4.78 is 53.7. The van der Waals surface area contributed by atoms with Gasteiger partial charge >= 0.3 is 6.18 Å². The Labute approximate surface area is 194 Å². The van der Waals surface area contributed by atoms with E-state index < -0.39 is 18.6 Å². The van der Waals surface area contributed by atoms with Gasteiger partial charge in [-0.1, -0.05) is 24.3 Å². The highest BCUT2D eigenvalue weighted by atomic mass is 127. The average Bonchev–Trinajstić information content (AvgIpc) is 2.70. The van der Waals surface area contributed by atoms with Crippen molar-refractivity contribution < 1.29 is 27.1 Å². The van der Waals surface area contributed by atoms with E-state index in [2.05, 4.69) is 25.7 Å². The third-order valence-corrected chi connectivity index (χ3v) is 3.79. The predicted molar refractivity (Wildman–Crippen MR) is 121 cm³/mol. The van der Waals surface area contributed by atoms with Crippen molar-refractivity contribution in [2.24, 2.45) is 4.99 Å². The predicted octanol–water partition coefficient (Wildman–Crippen LogP) is 3.83. The number of halogens is 5. The minimum absolute atomic E-state index is 0. The number of hydrogen-bond donors (Lipinski definition) is 3. The lowest BCUT2D eigenvalue weighted by Crippen LogP contribution is -2.41. The van der Waals surface area contributed by atoms with Gasteiger partial charge in [0.1, 0.15) is 12.4 Å². The molecule has 0 aliphatic rings. The van der Waals surface area contributed by atoms with Crippen LogP contribution in [0.4, 0.5) is 23.2 Å². The van der Waals surface area contributed by atoms with Crippen LogP contribution in [0.25, 0.3) is 0 Å². The zero-order valence-electron chi connectivity index (χ0n) is 16.6. The number of guanidine groups is 1. The summed E-state index contributed by atoms with van der Waals surface area (Å²) in [4.78, 5) is 16.0. The molecule has 170 valence electrons. The summed E-state index contributed by atoms with van der Waals surface area (Å²) >= 11 is 0. The summed E-state index contributed by atoms with van der Waals surface area (Å²) in [5, 5.41) is 8.50. The van der Waals surface area contributed by atoms with Gasteiger partial charge in [0.05, 0.1) is 13.2 Å². The van der Waals surface area contributed by atoms with Crippen LogP contribution in [0.15, 0.2) is 53.5 Å². The van der Waals surface area contributed by atoms with E-state index in [0.717, 1.165) is 5.56 Å². The summed E-state index contributed by atoms with van der Waals surface area (Å²) in [6, 6.07) is 12.3. The number of benzene rings is 2. The molecule has 1 amide bonds. The second-order valence-electron chi connectivity index (χ2n) is 6.26. The van der Waals surface area contributed by atoms with Crippen molar-refractivity contribution in [3.8, 4) is 0 Å². The fraction of sp³-hybridized carbons (Fsp3) is 0.300. The number of rotatable bonds is 8. The van der Waals surface area contributed by atoms with Crippen molar-refractivity contribution >= 4 is 41.5 Å². The summed E-state index contributed by atoms with van der Waals surface area (Å²) in [5.74, 6) is -0.327. The molecule has 0 spiro atoms. The molecule has 0 fully saturated rings. The van der Waals surface area contributed by atoms with Crippen molar-refractivity contribution in [1.82, 2.24) is 10.6 Å². The van der Waals surface area contributed by atoms with Crippen LogP contribution in [0.2, 0.25) is 0 Å². The molecule has 0 bridgehead atoms. The van der Waals surface area contributed by atoms with Gasteiger partial charge in [0.25, 0.3) is 0 Å². The van der Waals surface area contributed by atoms with Gasteiger partial charge < -0.3 is 20.7 Å². The Balaban J connectivity index is 0.00000480. The van der Waals surface area contributed by atoms with Gasteiger partial charge in [0.2, 0.25) is 5.91 Å². The lowest BCUT2D eigenvalue weighted by molar-refractivity contribution is -0.176. The van der Waals surface area contributed by atoms with E-state index in [-0.39, 0.29) is 43.0 Å². The second kappa shape index (κ2) is 13.1. The quantitative estimate of drug-likeness (QED) is 0.201. The Morgan fingerprint density at radius 2 is 1.61 bits per heavy atom. The van der Waals surface area contributed by atoms with E-state index in [1.165, 1.54) is 24.3 Å². The molecule has 0 radical (unpaired) electrons. The zero-order valence-corrected chi connectivity index (χ0v) is 19.0. The maximum atomic E-state index is 12.9. The number of hydrogen-bond acceptors (Lipinski definition) is 3. The van der Waals surface area contributed by atoms with Crippen LogP contribution in [-0.2, 0) is 22.7 Å². The first-order valence-electron chi connectivity index (χ1n) is 8.97. The van der Waals surface area contributed by atoms with Gasteiger partial charge in [-0.05, 0) is 35.4 Å². The van der Waals surface area contributed by atoms with Crippen LogP contribution in [0, 0.1) is 5.82 Å². The molecular formula is C20H23F4IN4O2. The smallest absolute Gasteiger partial charge is 0.367 e. The number of alkyl halides is 3. The topological polar surface area (TPSA) is 74.8 Å². The minimum atomic E-state index is -4.34. The largest absolute Gasteiger partial charge is 0.411 e. The highest BCUT2D eigenvalue weighted by Crippen LogP contribution is 2.15. The lowest BCUT2D eigenvalue weighted by Gasteiger charge is -2.12. The fourth-order valence-electron chi connectivity index (χ4n) is 2.35. The summed E-state index contributed by atoms with van der Waals surface area (Å²) in [6.45, 7) is -1.07. The monoisotopic (exact) mass is 554 g/mol. The number of nitrogens with one attached hydrogen (secondary N) is 3. The standard InChI is InChI=1S/C20H22F4N4O2.HI/c1-25-19(27-11-18(29)28-17-8-6-16(21)7-9-17)26-10-14-2-4-15(5-3-14)12-30-13-20(22,23)24;/h2-9H,10-13H2,1H3,(H,28,29)(H2,25,26,27);1H. The number of anilines is 1. The number of carbonyl (C=O) groups excluding carboxylic acids is 1. The Morgan fingerprint density at radius 3 is 2.19 bits per heavy atom. The average molecular weight is 554 g/mol. The van der Waals surface area contributed by atoms with Gasteiger partial charge in [-0.3, -0.25) is 9.79 Å². The molecule has 2 rings (SSSR count). The molecule has 0 unspecified atom stereocenters. The molecule has 11 heteroatoms. The van der Waals surface area contributed by atoms with Crippen LogP contribution in [0.3, 0.4) is 0 Å². The second-order valence-corrected chi connectivity index (χ2v) is 6.26. The zero-order chi connectivity index (χ0) is 22.0. The van der Waals surface area contributed by atoms with Crippen molar-refractivity contribution in [3.63, 3.8) is 0 Å². The molecule has 3 N–H and O–H groups in total. The maximum Gasteiger partial charge on any atom is 0.411 e. The third-order valence-electron chi connectivity index (χ3n) is 3.79. The van der Waals surface area contributed by atoms with E-state index in [0.29, 0.717) is 23.8 Å². The van der Waals surface area contributed by atoms with Crippen molar-refractivity contribution in [2.75, 3.05) is 25.5 Å². The number of ether oxygens (including phenoxy) is 1. The molecule has 31 heavy (non-hydrogen) atoms. The highest BCUT2D eigenvalue weighted by Gasteiger charge is 2.27. The summed E-state index contributed by atoms with van der Waals surface area (Å²) in [7, 11) is 1.55. The van der Waals surface area contributed by atoms with Gasteiger partial charge in [0.15, 0.2) is 5.96 Å². The first kappa shape index (κ1) is 26.6. The maximum absolute atomic E-state index is 12.9. The van der Waals surface area contributed by atoms with Gasteiger partial charge in [-0.2, -0.15) is 13.2 Å². The van der Waals surface area contributed by atoms with E-state index in [1.807, 2.05) is 0 Å². The molecule has 0 heterocycles. The Kier molecular flexibility index (Phi) is 11.3. The highest BCUT2D eigenvalue weighted by molar-refractivity contribution is 14.0. The SMILES string of the molecule is CN=C(NCC(=O)Nc1ccc(F)cc1)NCc1ccc(COCC(F)(F)F)cc1.I. The molecule has 2 aromatic rings. The number of nitrogens with zero attached hydrogens (tertiary/aromatic N) is 1. The summed E-state index contributed by atoms with van der Waals surface area (Å²) in [6.07, 6.45) is -4.34. The Hall–Kier alpha value is -2.41. The Morgan fingerprint density at radius 1 is 1.00 bits per heavy atom. The molecule has 2 aromatic carbocycles. The van der Waals surface area contributed by atoms with E-state index in [9.17, 15) is 22.4 Å². The number of carbonyl (C=O) groups is 1. The number of amides is 1. The molecule has 0 atom stereocenters. The first-order valence-corrected chi connectivity index (χ1v) is 8.97. The molecule has 0 aliphatic heterocycles. The normalized spacial score (nSPS) is 11.5. The molecule has 0 saturated heterocycles.